The molecule has 4 aromatic rings. The Morgan fingerprint density at radius 1 is 0.970 bits per heavy atom. The third-order valence-electron chi connectivity index (χ3n) is 6.73. The second kappa shape index (κ2) is 9.41. The van der Waals surface area contributed by atoms with Gasteiger partial charge >= 0.3 is 0 Å². The Labute approximate surface area is 193 Å². The number of halogens is 1. The first kappa shape index (κ1) is 21.7. The highest BCUT2D eigenvalue weighted by atomic mass is 19.1. The summed E-state index contributed by atoms with van der Waals surface area (Å²) >= 11 is 0. The zero-order chi connectivity index (χ0) is 22.8. The quantitative estimate of drug-likeness (QED) is 0.416. The molecule has 5 nitrogen and oxygen atoms in total. The molecule has 1 aliphatic heterocycles. The van der Waals surface area contributed by atoms with E-state index in [0.717, 1.165) is 54.0 Å². The highest BCUT2D eigenvalue weighted by molar-refractivity contribution is 5.92. The van der Waals surface area contributed by atoms with Crippen molar-refractivity contribution >= 4 is 5.52 Å². The number of pyridine rings is 2. The first-order chi connectivity index (χ1) is 16.1. The number of hydrogen-bond donors (Lipinski definition) is 1. The maximum absolute atomic E-state index is 13.6. The van der Waals surface area contributed by atoms with Gasteiger partial charge < -0.3 is 10.1 Å². The summed E-state index contributed by atoms with van der Waals surface area (Å²) < 4.78 is 21.0. The third kappa shape index (κ3) is 4.54. The van der Waals surface area contributed by atoms with Crippen molar-refractivity contribution in [3.8, 4) is 22.4 Å². The van der Waals surface area contributed by atoms with Crippen LogP contribution in [0.2, 0.25) is 0 Å². The van der Waals surface area contributed by atoms with Crippen LogP contribution in [-0.2, 0) is 4.74 Å². The van der Waals surface area contributed by atoms with Gasteiger partial charge in [0.2, 0.25) is 0 Å². The molecule has 0 spiro atoms. The SMILES string of the molecule is CC(N[C@H](C)C1CCOCC1)c1ccc2c(-c3ccncc3)c(-c3ccc(F)cc3)nn2c1. The number of benzene rings is 1. The molecule has 0 radical (unpaired) electrons. The molecule has 0 bridgehead atoms. The predicted octanol–water partition coefficient (Wildman–Crippen LogP) is 5.67. The van der Waals surface area contributed by atoms with Gasteiger partial charge in [-0.05, 0) is 86.2 Å². The van der Waals surface area contributed by atoms with Gasteiger partial charge in [-0.25, -0.2) is 8.91 Å². The molecule has 170 valence electrons. The Morgan fingerprint density at radius 3 is 2.42 bits per heavy atom. The van der Waals surface area contributed by atoms with Crippen molar-refractivity contribution in [3.05, 3.63) is 78.5 Å². The Morgan fingerprint density at radius 2 is 1.70 bits per heavy atom. The zero-order valence-electron chi connectivity index (χ0n) is 19.0. The molecule has 1 unspecified atom stereocenters. The van der Waals surface area contributed by atoms with Crippen LogP contribution in [0.5, 0.6) is 0 Å². The van der Waals surface area contributed by atoms with E-state index in [-0.39, 0.29) is 11.9 Å². The van der Waals surface area contributed by atoms with Crippen LogP contribution in [0.3, 0.4) is 0 Å². The van der Waals surface area contributed by atoms with Gasteiger partial charge in [0.25, 0.3) is 0 Å². The number of nitrogens with zero attached hydrogens (tertiary/aromatic N) is 3. The fraction of sp³-hybridized carbons (Fsp3) is 0.333. The lowest BCUT2D eigenvalue weighted by atomic mass is 9.92. The summed E-state index contributed by atoms with van der Waals surface area (Å²) in [5.41, 5.74) is 5.95. The van der Waals surface area contributed by atoms with Crippen LogP contribution < -0.4 is 5.32 Å². The summed E-state index contributed by atoms with van der Waals surface area (Å²) in [4.78, 5) is 4.16. The summed E-state index contributed by atoms with van der Waals surface area (Å²) in [7, 11) is 0. The lowest BCUT2D eigenvalue weighted by molar-refractivity contribution is 0.0547. The molecule has 1 aromatic carbocycles. The van der Waals surface area contributed by atoms with Crippen LogP contribution in [0.15, 0.2) is 67.1 Å². The van der Waals surface area contributed by atoms with Crippen molar-refractivity contribution in [3.63, 3.8) is 0 Å². The van der Waals surface area contributed by atoms with E-state index in [0.29, 0.717) is 12.0 Å². The molecular formula is C27H29FN4O. The minimum absolute atomic E-state index is 0.190. The summed E-state index contributed by atoms with van der Waals surface area (Å²) in [6.45, 7) is 6.18. The Kier molecular flexibility index (Phi) is 6.20. The van der Waals surface area contributed by atoms with E-state index >= 15 is 0 Å². The molecular weight excluding hydrogens is 415 g/mol. The summed E-state index contributed by atoms with van der Waals surface area (Å²) in [6, 6.07) is 15.4. The number of nitrogens with one attached hydrogen (secondary N) is 1. The van der Waals surface area contributed by atoms with E-state index in [4.69, 9.17) is 9.84 Å². The Hall–Kier alpha value is -3.09. The largest absolute Gasteiger partial charge is 0.381 e. The average Bonchev–Trinajstić information content (AvgIpc) is 3.24. The smallest absolute Gasteiger partial charge is 0.123 e. The van der Waals surface area contributed by atoms with Gasteiger partial charge in [-0.1, -0.05) is 6.07 Å². The van der Waals surface area contributed by atoms with Gasteiger partial charge in [0.05, 0.1) is 5.52 Å². The van der Waals surface area contributed by atoms with Crippen LogP contribution in [0.4, 0.5) is 4.39 Å². The molecule has 0 aliphatic carbocycles. The van der Waals surface area contributed by atoms with Gasteiger partial charge in [0.1, 0.15) is 11.5 Å². The fourth-order valence-corrected chi connectivity index (χ4v) is 4.78. The minimum atomic E-state index is -0.256. The van der Waals surface area contributed by atoms with E-state index in [1.54, 1.807) is 24.5 Å². The molecule has 6 heteroatoms. The van der Waals surface area contributed by atoms with Crippen LogP contribution in [0.25, 0.3) is 27.9 Å². The van der Waals surface area contributed by atoms with Crippen molar-refractivity contribution in [2.24, 2.45) is 5.92 Å². The van der Waals surface area contributed by atoms with Crippen molar-refractivity contribution in [2.45, 2.75) is 38.8 Å². The second-order valence-electron chi connectivity index (χ2n) is 8.89. The van der Waals surface area contributed by atoms with E-state index in [1.165, 1.54) is 17.7 Å². The van der Waals surface area contributed by atoms with E-state index in [2.05, 4.69) is 42.5 Å². The van der Waals surface area contributed by atoms with E-state index < -0.39 is 0 Å². The Balaban J connectivity index is 1.51. The molecule has 4 heterocycles. The van der Waals surface area contributed by atoms with Crippen molar-refractivity contribution in [2.75, 3.05) is 13.2 Å². The summed E-state index contributed by atoms with van der Waals surface area (Å²) in [5, 5.41) is 8.71. The number of ether oxygens (including phenoxy) is 1. The molecule has 0 saturated carbocycles. The maximum Gasteiger partial charge on any atom is 0.123 e. The van der Waals surface area contributed by atoms with Gasteiger partial charge in [-0.2, -0.15) is 5.10 Å². The molecule has 1 N–H and O–H groups in total. The summed E-state index contributed by atoms with van der Waals surface area (Å²) in [5.74, 6) is 0.381. The van der Waals surface area contributed by atoms with Crippen LogP contribution >= 0.6 is 0 Å². The Bertz CT molecular complexity index is 1220. The number of rotatable bonds is 6. The monoisotopic (exact) mass is 444 g/mol. The van der Waals surface area contributed by atoms with Gasteiger partial charge in [0, 0.05) is 55.0 Å². The van der Waals surface area contributed by atoms with Gasteiger partial charge in [-0.15, -0.1) is 0 Å². The molecule has 0 amide bonds. The molecule has 5 rings (SSSR count). The van der Waals surface area contributed by atoms with Gasteiger partial charge in [0.15, 0.2) is 0 Å². The lowest BCUT2D eigenvalue weighted by Crippen LogP contribution is -2.38. The summed E-state index contributed by atoms with van der Waals surface area (Å²) in [6.07, 6.45) is 7.88. The highest BCUT2D eigenvalue weighted by Crippen LogP contribution is 2.35. The van der Waals surface area contributed by atoms with E-state index in [1.807, 2.05) is 16.6 Å². The van der Waals surface area contributed by atoms with Gasteiger partial charge in [-0.3, -0.25) is 4.98 Å². The molecule has 2 atom stereocenters. The first-order valence-corrected chi connectivity index (χ1v) is 11.6. The number of fused-ring (bicyclic) bond motifs is 1. The molecule has 33 heavy (non-hydrogen) atoms. The topological polar surface area (TPSA) is 51.5 Å². The number of aromatic nitrogens is 3. The fourth-order valence-electron chi connectivity index (χ4n) is 4.78. The predicted molar refractivity (Wildman–Crippen MR) is 128 cm³/mol. The lowest BCUT2D eigenvalue weighted by Gasteiger charge is -2.30. The van der Waals surface area contributed by atoms with Crippen LogP contribution in [0.1, 0.15) is 38.3 Å². The highest BCUT2D eigenvalue weighted by Gasteiger charge is 2.23. The molecule has 3 aromatic heterocycles. The molecule has 1 aliphatic rings. The maximum atomic E-state index is 13.6. The van der Waals surface area contributed by atoms with Crippen molar-refractivity contribution in [1.29, 1.82) is 0 Å². The van der Waals surface area contributed by atoms with Crippen LogP contribution in [0, 0.1) is 11.7 Å². The standard InChI is InChI=1S/C27H29FN4O/c1-18(20-11-15-33-16-12-20)30-19(2)23-5-8-25-26(21-9-13-29-14-10-21)27(31-32(25)17-23)22-3-6-24(28)7-4-22/h3-10,13-14,17-20,30H,11-12,15-16H2,1-2H3/t18-,19?/m1/s1. The van der Waals surface area contributed by atoms with Crippen molar-refractivity contribution < 1.29 is 9.13 Å². The number of hydrogen-bond acceptors (Lipinski definition) is 4. The zero-order valence-corrected chi connectivity index (χ0v) is 19.0. The van der Waals surface area contributed by atoms with Crippen LogP contribution in [-0.4, -0.2) is 33.9 Å². The minimum Gasteiger partial charge on any atom is -0.381 e. The van der Waals surface area contributed by atoms with E-state index in [9.17, 15) is 4.39 Å². The second-order valence-corrected chi connectivity index (χ2v) is 8.89. The normalized spacial score (nSPS) is 16.7. The molecule has 1 saturated heterocycles. The third-order valence-corrected chi connectivity index (χ3v) is 6.73. The average molecular weight is 445 g/mol. The molecule has 1 fully saturated rings. The van der Waals surface area contributed by atoms with Crippen molar-refractivity contribution in [1.82, 2.24) is 19.9 Å². The first-order valence-electron chi connectivity index (χ1n) is 11.6.